The van der Waals surface area contributed by atoms with Crippen LogP contribution in [0.1, 0.15) is 91.2 Å². The summed E-state index contributed by atoms with van der Waals surface area (Å²) < 4.78 is 36.3. The zero-order valence-corrected chi connectivity index (χ0v) is 42.1. The maximum absolute atomic E-state index is 14.9. The van der Waals surface area contributed by atoms with Crippen LogP contribution in [0.15, 0.2) is 132 Å². The van der Waals surface area contributed by atoms with Gasteiger partial charge in [0.25, 0.3) is 10.1 Å². The van der Waals surface area contributed by atoms with Gasteiger partial charge in [-0.15, -0.1) is 4.73 Å². The first-order chi connectivity index (χ1) is 33.8. The summed E-state index contributed by atoms with van der Waals surface area (Å²) in [6.45, 7) is 14.3. The predicted molar refractivity (Wildman–Crippen MR) is 278 cm³/mol. The number of aromatic nitrogens is 1. The normalized spacial score (nSPS) is 19.4. The molecule has 3 aliphatic rings. The van der Waals surface area contributed by atoms with Crippen LogP contribution in [0.2, 0.25) is 0 Å². The first-order valence-corrected chi connectivity index (χ1v) is 26.0. The van der Waals surface area contributed by atoms with Crippen molar-refractivity contribution >= 4 is 66.5 Å². The molecular formula is C56H64N5O9S+. The van der Waals surface area contributed by atoms with Gasteiger partial charge in [0, 0.05) is 72.7 Å². The molecule has 1 atom stereocenters. The zero-order chi connectivity index (χ0) is 50.9. The highest BCUT2D eigenvalue weighted by Crippen LogP contribution is 2.51. The van der Waals surface area contributed by atoms with Crippen molar-refractivity contribution in [2.75, 3.05) is 36.8 Å². The summed E-state index contributed by atoms with van der Waals surface area (Å²) in [5.74, 6) is -3.46. The molecule has 14 nitrogen and oxygen atoms in total. The lowest BCUT2D eigenvalue weighted by atomic mass is 9.70. The standard InChI is InChI=1S/C56H63N5O9S/c1-7-59-43-25-23-39-16-11-13-18-41(39)50(43)54(3,4)45(59)27-21-37-34-38(22-28-46-55(5,6)51-42-19-14-12-17-40(42)24-26-44(51)60(46)8-2)36-56(35-37,53(66)58-32-33-71(67,68)69)52(65)57-31-15-9-10-20-49(64)70-61-47(62)29-30-48(61)63/h11-14,16-19,21-30,34H,7-10,15,20,31-33,35-36H2,1-6H3,(H4-,57,58,62,63,65,66,67,68,69)/p+1. The largest absolute Gasteiger partial charge is 0.492 e. The summed E-state index contributed by atoms with van der Waals surface area (Å²) in [5.41, 5.74) is 5.66. The predicted octanol–water partition coefficient (Wildman–Crippen LogP) is 8.83. The number of hydrogen-bond donors (Lipinski definition) is 5. The van der Waals surface area contributed by atoms with E-state index in [2.05, 4.69) is 134 Å². The van der Waals surface area contributed by atoms with Gasteiger partial charge >= 0.3 is 5.97 Å². The number of nitrogens with one attached hydrogen (secondary N) is 2. The third kappa shape index (κ3) is 9.90. The number of allylic oxidation sites excluding steroid dienone is 8. The second-order valence-corrected chi connectivity index (χ2v) is 21.3. The van der Waals surface area contributed by atoms with E-state index in [0.29, 0.717) is 48.2 Å². The Hall–Kier alpha value is -6.97. The Balaban J connectivity index is 1.14. The molecule has 8 rings (SSSR count). The molecule has 2 amide bonds. The monoisotopic (exact) mass is 982 g/mol. The van der Waals surface area contributed by atoms with Crippen LogP contribution in [-0.2, 0) is 35.3 Å². The van der Waals surface area contributed by atoms with Gasteiger partial charge in [0.15, 0.2) is 5.71 Å². The van der Waals surface area contributed by atoms with Gasteiger partial charge in [-0.25, -0.2) is 4.79 Å². The fraction of sp³-hybridized carbons (Fsp3) is 0.357. The second-order valence-electron chi connectivity index (χ2n) is 19.7. The Labute approximate surface area is 415 Å². The molecule has 0 spiro atoms. The van der Waals surface area contributed by atoms with Crippen LogP contribution in [0.5, 0.6) is 11.8 Å². The van der Waals surface area contributed by atoms with Crippen LogP contribution in [0.25, 0.3) is 21.5 Å². The molecule has 372 valence electrons. The molecule has 0 bridgehead atoms. The molecule has 0 saturated heterocycles. The van der Waals surface area contributed by atoms with E-state index in [1.807, 2.05) is 30.4 Å². The van der Waals surface area contributed by atoms with Crippen LogP contribution in [0.4, 0.5) is 11.4 Å². The number of aromatic hydroxyl groups is 2. The minimum Gasteiger partial charge on any atom is -0.492 e. The lowest BCUT2D eigenvalue weighted by Crippen LogP contribution is -2.53. The number of amides is 2. The summed E-state index contributed by atoms with van der Waals surface area (Å²) >= 11 is 0. The molecule has 1 aliphatic carbocycles. The molecule has 3 heterocycles. The lowest BCUT2D eigenvalue weighted by molar-refractivity contribution is -0.433. The molecule has 15 heteroatoms. The van der Waals surface area contributed by atoms with E-state index >= 15 is 0 Å². The van der Waals surface area contributed by atoms with Crippen LogP contribution in [0, 0.1) is 5.41 Å². The minimum absolute atomic E-state index is 0.00834. The Bertz CT molecular complexity index is 3190. The summed E-state index contributed by atoms with van der Waals surface area (Å²) in [6, 6.07) is 27.8. The smallest absolute Gasteiger partial charge is 0.333 e. The van der Waals surface area contributed by atoms with Crippen LogP contribution in [-0.4, -0.2) is 87.9 Å². The molecule has 2 aliphatic heterocycles. The van der Waals surface area contributed by atoms with E-state index in [9.17, 15) is 37.6 Å². The average molecular weight is 983 g/mol. The number of nitrogens with zero attached hydrogens (tertiary/aromatic N) is 3. The Kier molecular flexibility index (Phi) is 14.2. The van der Waals surface area contributed by atoms with E-state index in [0.717, 1.165) is 33.6 Å². The SMILES string of the molecule is CCN1/C(=C/C=C2C=C(/C=C/C3=[N+](CC)c4ccc5ccccc5c4C3(C)C)CC(C(=O)NCCCCCC(=O)On3c(O)ccc3O)(C(=O)NCCS(=O)(=O)O)C/2)C(C)(C)c2c1ccc1ccccc21. The molecule has 4 aromatic carbocycles. The van der Waals surface area contributed by atoms with Gasteiger partial charge in [-0.1, -0.05) is 93.1 Å². The van der Waals surface area contributed by atoms with Crippen molar-refractivity contribution in [2.24, 2.45) is 5.41 Å². The van der Waals surface area contributed by atoms with Crippen molar-refractivity contribution in [2.45, 2.75) is 90.9 Å². The fourth-order valence-electron chi connectivity index (χ4n) is 10.9. The number of fused-ring (bicyclic) bond motifs is 6. The van der Waals surface area contributed by atoms with Crippen molar-refractivity contribution in [3.8, 4) is 11.8 Å². The van der Waals surface area contributed by atoms with Gasteiger partial charge in [0.1, 0.15) is 12.0 Å². The number of benzene rings is 4. The molecular weight excluding hydrogens is 919 g/mol. The van der Waals surface area contributed by atoms with Crippen molar-refractivity contribution in [1.29, 1.82) is 0 Å². The van der Waals surface area contributed by atoms with Crippen molar-refractivity contribution in [3.63, 3.8) is 0 Å². The highest BCUT2D eigenvalue weighted by atomic mass is 32.2. The number of rotatable bonds is 17. The van der Waals surface area contributed by atoms with Crippen LogP contribution < -0.4 is 20.4 Å². The van der Waals surface area contributed by atoms with Crippen LogP contribution >= 0.6 is 0 Å². The van der Waals surface area contributed by atoms with E-state index < -0.39 is 68.2 Å². The number of unbranched alkanes of at least 4 members (excludes halogenated alkanes) is 2. The average Bonchev–Trinajstić information content (AvgIpc) is 3.87. The molecule has 5 N–H and O–H groups in total. The summed E-state index contributed by atoms with van der Waals surface area (Å²) in [5, 5.41) is 30.0. The number of likely N-dealkylation sites (N-methyl/N-ethyl adjacent to an activating group) is 1. The Morgan fingerprint density at radius 3 is 2.03 bits per heavy atom. The van der Waals surface area contributed by atoms with Gasteiger partial charge in [-0.05, 0) is 110 Å². The van der Waals surface area contributed by atoms with Crippen molar-refractivity contribution in [3.05, 3.63) is 143 Å². The van der Waals surface area contributed by atoms with E-state index in [1.54, 1.807) is 0 Å². The van der Waals surface area contributed by atoms with Crippen molar-refractivity contribution < 1.29 is 47.0 Å². The Morgan fingerprint density at radius 2 is 1.38 bits per heavy atom. The molecule has 1 unspecified atom stereocenters. The number of carbonyl (C=O) groups excluding carboxylic acids is 3. The maximum atomic E-state index is 14.9. The molecule has 0 radical (unpaired) electrons. The fourth-order valence-corrected chi connectivity index (χ4v) is 11.3. The highest BCUT2D eigenvalue weighted by molar-refractivity contribution is 7.85. The first kappa shape index (κ1) is 50.4. The van der Waals surface area contributed by atoms with Gasteiger partial charge < -0.3 is 30.6 Å². The third-order valence-electron chi connectivity index (χ3n) is 14.3. The highest BCUT2D eigenvalue weighted by Gasteiger charge is 2.49. The molecule has 5 aromatic rings. The number of hydrogen-bond acceptors (Lipinski definition) is 9. The Morgan fingerprint density at radius 1 is 0.746 bits per heavy atom. The molecule has 0 fully saturated rings. The van der Waals surface area contributed by atoms with E-state index in [-0.39, 0.29) is 25.8 Å². The molecule has 71 heavy (non-hydrogen) atoms. The van der Waals surface area contributed by atoms with Crippen LogP contribution in [0.3, 0.4) is 0 Å². The molecule has 0 saturated carbocycles. The number of anilines is 1. The summed E-state index contributed by atoms with van der Waals surface area (Å²) in [6.07, 6.45) is 11.5. The summed E-state index contributed by atoms with van der Waals surface area (Å²) in [4.78, 5) is 49.5. The first-order valence-electron chi connectivity index (χ1n) is 24.4. The molecule has 1 aromatic heterocycles. The van der Waals surface area contributed by atoms with Gasteiger partial charge in [0.2, 0.25) is 29.3 Å². The van der Waals surface area contributed by atoms with Gasteiger partial charge in [0.05, 0.1) is 11.2 Å². The maximum Gasteiger partial charge on any atom is 0.333 e. The van der Waals surface area contributed by atoms with E-state index in [4.69, 9.17) is 4.84 Å². The third-order valence-corrected chi connectivity index (χ3v) is 15.0. The number of carbonyl (C=O) groups is 3. The van der Waals surface area contributed by atoms with E-state index in [1.165, 1.54) is 34.0 Å². The summed E-state index contributed by atoms with van der Waals surface area (Å²) in [7, 11) is -4.44. The van der Waals surface area contributed by atoms with Crippen molar-refractivity contribution in [1.82, 2.24) is 15.4 Å². The lowest BCUT2D eigenvalue weighted by Gasteiger charge is -2.35. The zero-order valence-electron chi connectivity index (χ0n) is 41.3. The minimum atomic E-state index is -4.44. The van der Waals surface area contributed by atoms with Gasteiger partial charge in [-0.2, -0.15) is 13.0 Å². The quantitative estimate of drug-likeness (QED) is 0.0261. The topological polar surface area (TPSA) is 191 Å². The second kappa shape index (κ2) is 20.0. The van der Waals surface area contributed by atoms with Gasteiger partial charge in [-0.3, -0.25) is 14.1 Å².